The molecule has 0 unspecified atom stereocenters. The van der Waals surface area contributed by atoms with Crippen molar-refractivity contribution >= 4 is 30.5 Å². The minimum Gasteiger partial charge on any atom is -0.381 e. The van der Waals surface area contributed by atoms with E-state index in [9.17, 15) is 0 Å². The normalized spacial score (nSPS) is 11.1. The molecule has 1 aliphatic carbocycles. The van der Waals surface area contributed by atoms with E-state index in [1.54, 1.807) is 0 Å². The average Bonchev–Trinajstić information content (AvgIpc) is 3.20. The van der Waals surface area contributed by atoms with Crippen LogP contribution in [0, 0.1) is 6.08 Å². The third-order valence-electron chi connectivity index (χ3n) is 4.27. The van der Waals surface area contributed by atoms with Crippen molar-refractivity contribution in [3.8, 4) is 0 Å². The fourth-order valence-electron chi connectivity index (χ4n) is 2.88. The number of allylic oxidation sites excluding steroid dienone is 4. The summed E-state index contributed by atoms with van der Waals surface area (Å²) in [5.41, 5.74) is 5.46. The SMILES string of the molecule is CC(C)c1cccc(C(C)C)c1NCc1ccccc1.Cl.Cl.[C-]1=CC=CC1.[Ti]. The molecule has 0 saturated carbocycles. The van der Waals surface area contributed by atoms with Crippen LogP contribution in [0.15, 0.2) is 66.8 Å². The first kappa shape index (κ1) is 29.2. The maximum atomic E-state index is 3.66. The van der Waals surface area contributed by atoms with Crippen LogP contribution in [-0.4, -0.2) is 0 Å². The van der Waals surface area contributed by atoms with Gasteiger partial charge in [0.1, 0.15) is 0 Å². The van der Waals surface area contributed by atoms with Crippen LogP contribution < -0.4 is 5.32 Å². The summed E-state index contributed by atoms with van der Waals surface area (Å²) in [5.74, 6) is 1.07. The van der Waals surface area contributed by atoms with Crippen molar-refractivity contribution in [1.29, 1.82) is 0 Å². The number of rotatable bonds is 5. The monoisotopic (exact) mass is 452 g/mol. The molecule has 1 N–H and O–H groups in total. The van der Waals surface area contributed by atoms with E-state index < -0.39 is 0 Å². The van der Waals surface area contributed by atoms with E-state index in [1.165, 1.54) is 22.4 Å². The van der Waals surface area contributed by atoms with Gasteiger partial charge in [-0.3, -0.25) is 6.08 Å². The smallest absolute Gasteiger partial charge is 0.0413 e. The standard InChI is InChI=1S/C19H25N.C5H5.2ClH.Ti/c1-14(2)17-11-8-12-18(15(3)4)19(17)20-13-16-9-6-5-7-10-16;1-2-4-5-3-1;;;/h5-12,14-15,20H,13H2,1-4H3;1-3H,4H2;2*1H;/q;-1;;;. The quantitative estimate of drug-likeness (QED) is 0.362. The molecule has 1 nitrogen and oxygen atoms in total. The molecule has 4 heteroatoms. The van der Waals surface area contributed by atoms with Gasteiger partial charge in [0.05, 0.1) is 0 Å². The summed E-state index contributed by atoms with van der Waals surface area (Å²) in [6.45, 7) is 9.91. The summed E-state index contributed by atoms with van der Waals surface area (Å²) >= 11 is 0. The molecule has 2 aromatic carbocycles. The molecule has 0 heterocycles. The number of hydrogen-bond acceptors (Lipinski definition) is 1. The van der Waals surface area contributed by atoms with E-state index in [0.29, 0.717) is 11.8 Å². The van der Waals surface area contributed by atoms with Crippen LogP contribution in [0.4, 0.5) is 5.69 Å². The number of nitrogens with one attached hydrogen (secondary N) is 1. The summed E-state index contributed by atoms with van der Waals surface area (Å²) in [7, 11) is 0. The number of para-hydroxylation sites is 1. The molecule has 152 valence electrons. The molecule has 0 bridgehead atoms. The Kier molecular flexibility index (Phi) is 16.6. The molecule has 0 radical (unpaired) electrons. The Morgan fingerprint density at radius 1 is 0.857 bits per heavy atom. The fraction of sp³-hybridized carbons (Fsp3) is 0.333. The van der Waals surface area contributed by atoms with Crippen LogP contribution in [0.3, 0.4) is 0 Å². The van der Waals surface area contributed by atoms with Crippen molar-refractivity contribution in [1.82, 2.24) is 0 Å². The van der Waals surface area contributed by atoms with E-state index in [-0.39, 0.29) is 46.5 Å². The van der Waals surface area contributed by atoms with E-state index in [1.807, 2.05) is 12.2 Å². The molecular weight excluding hydrogens is 421 g/mol. The van der Waals surface area contributed by atoms with E-state index in [0.717, 1.165) is 13.0 Å². The van der Waals surface area contributed by atoms with Crippen molar-refractivity contribution < 1.29 is 21.7 Å². The molecule has 0 atom stereocenters. The summed E-state index contributed by atoms with van der Waals surface area (Å²) in [6, 6.07) is 17.2. The zero-order valence-corrected chi connectivity index (χ0v) is 20.4. The van der Waals surface area contributed by atoms with Crippen molar-refractivity contribution in [2.24, 2.45) is 0 Å². The molecule has 1 aliphatic rings. The van der Waals surface area contributed by atoms with E-state index in [4.69, 9.17) is 0 Å². The molecule has 3 rings (SSSR count). The molecule has 2 aromatic rings. The number of anilines is 1. The van der Waals surface area contributed by atoms with Gasteiger partial charge in [-0.25, -0.2) is 12.2 Å². The second-order valence-corrected chi connectivity index (χ2v) is 6.96. The Morgan fingerprint density at radius 2 is 1.43 bits per heavy atom. The van der Waals surface area contributed by atoms with Gasteiger partial charge >= 0.3 is 0 Å². The van der Waals surface area contributed by atoms with Gasteiger partial charge in [0.2, 0.25) is 0 Å². The minimum atomic E-state index is 0. The Labute approximate surface area is 198 Å². The summed E-state index contributed by atoms with van der Waals surface area (Å²) in [6.07, 6.45) is 10.0. The largest absolute Gasteiger partial charge is 0.381 e. The van der Waals surface area contributed by atoms with Crippen molar-refractivity contribution in [2.45, 2.75) is 52.5 Å². The van der Waals surface area contributed by atoms with Crippen LogP contribution in [-0.2, 0) is 28.3 Å². The van der Waals surface area contributed by atoms with Crippen molar-refractivity contribution in [2.75, 3.05) is 5.32 Å². The topological polar surface area (TPSA) is 12.0 Å². The van der Waals surface area contributed by atoms with Gasteiger partial charge < -0.3 is 5.32 Å². The van der Waals surface area contributed by atoms with Gasteiger partial charge in [-0.2, -0.15) is 6.08 Å². The van der Waals surface area contributed by atoms with Gasteiger partial charge in [0.15, 0.2) is 0 Å². The third-order valence-corrected chi connectivity index (χ3v) is 4.27. The minimum absolute atomic E-state index is 0. The van der Waals surface area contributed by atoms with E-state index in [2.05, 4.69) is 93.7 Å². The Balaban J connectivity index is 0. The third kappa shape index (κ3) is 9.48. The second-order valence-electron chi connectivity index (χ2n) is 6.96. The van der Waals surface area contributed by atoms with Crippen LogP contribution >= 0.6 is 24.8 Å². The summed E-state index contributed by atoms with van der Waals surface area (Å²) in [5, 5.41) is 3.66. The fourth-order valence-corrected chi connectivity index (χ4v) is 2.88. The van der Waals surface area contributed by atoms with Gasteiger partial charge in [-0.05, 0) is 28.5 Å². The van der Waals surface area contributed by atoms with Gasteiger partial charge in [-0.15, -0.1) is 31.2 Å². The summed E-state index contributed by atoms with van der Waals surface area (Å²) in [4.78, 5) is 0. The molecule has 0 spiro atoms. The first-order valence-electron chi connectivity index (χ1n) is 9.22. The predicted molar refractivity (Wildman–Crippen MR) is 124 cm³/mol. The average molecular weight is 453 g/mol. The second kappa shape index (κ2) is 15.9. The zero-order valence-electron chi connectivity index (χ0n) is 17.2. The molecule has 0 aromatic heterocycles. The molecular formula is C24H32Cl2NTi-. The maximum Gasteiger partial charge on any atom is 0.0413 e. The van der Waals surface area contributed by atoms with Gasteiger partial charge in [0.25, 0.3) is 0 Å². The first-order chi connectivity index (χ1) is 12.1. The number of hydrogen-bond donors (Lipinski definition) is 1. The Hall–Kier alpha value is -0.986. The van der Waals surface area contributed by atoms with Crippen LogP contribution in [0.5, 0.6) is 0 Å². The van der Waals surface area contributed by atoms with Gasteiger partial charge in [-0.1, -0.05) is 76.2 Å². The molecule has 0 aliphatic heterocycles. The van der Waals surface area contributed by atoms with Crippen LogP contribution in [0.1, 0.15) is 62.6 Å². The predicted octanol–water partition coefficient (Wildman–Crippen LogP) is 7.69. The molecule has 0 fully saturated rings. The number of benzene rings is 2. The summed E-state index contributed by atoms with van der Waals surface area (Å²) < 4.78 is 0. The Morgan fingerprint density at radius 3 is 1.82 bits per heavy atom. The zero-order chi connectivity index (χ0) is 18.1. The first-order valence-corrected chi connectivity index (χ1v) is 9.22. The van der Waals surface area contributed by atoms with E-state index >= 15 is 0 Å². The van der Waals surface area contributed by atoms with Gasteiger partial charge in [0, 0.05) is 33.9 Å². The van der Waals surface area contributed by atoms with Crippen molar-refractivity contribution in [3.05, 3.63) is 89.5 Å². The molecule has 0 saturated heterocycles. The van der Waals surface area contributed by atoms with Crippen LogP contribution in [0.25, 0.3) is 0 Å². The molecule has 28 heavy (non-hydrogen) atoms. The maximum absolute atomic E-state index is 3.66. The van der Waals surface area contributed by atoms with Crippen LogP contribution in [0.2, 0.25) is 0 Å². The number of halogens is 2. The Bertz CT molecular complexity index is 674. The van der Waals surface area contributed by atoms with Crippen molar-refractivity contribution in [3.63, 3.8) is 0 Å². The molecule has 0 amide bonds.